The minimum atomic E-state index is -0.313. The molecule has 7 nitrogen and oxygen atoms in total. The molecule has 0 bridgehead atoms. The van der Waals surface area contributed by atoms with Gasteiger partial charge in [-0.15, -0.1) is 10.2 Å². The van der Waals surface area contributed by atoms with E-state index in [9.17, 15) is 14.8 Å². The molecule has 1 aromatic heterocycles. The standard InChI is InChI=1S/C14H14N4O3/c1-9-7-12(11(8-13(9)20)15-10(2)19)16-17-14-5-3-4-6-18(14)21/h3-8,21H,1-2H3,(H,15,19)/b16-12+,17-14-. The molecule has 0 radical (unpaired) electrons. The van der Waals surface area contributed by atoms with Crippen LogP contribution < -0.4 is 10.8 Å². The Kier molecular flexibility index (Phi) is 4.13. The van der Waals surface area contributed by atoms with E-state index in [2.05, 4.69) is 15.5 Å². The van der Waals surface area contributed by atoms with E-state index in [0.29, 0.717) is 11.3 Å². The third-order valence-corrected chi connectivity index (χ3v) is 2.68. The molecule has 2 N–H and O–H groups in total. The Morgan fingerprint density at radius 2 is 2.05 bits per heavy atom. The van der Waals surface area contributed by atoms with Gasteiger partial charge in [0.1, 0.15) is 5.71 Å². The van der Waals surface area contributed by atoms with Gasteiger partial charge in [0, 0.05) is 19.2 Å². The summed E-state index contributed by atoms with van der Waals surface area (Å²) in [5.41, 5.74) is 1.33. The number of nitrogens with one attached hydrogen (secondary N) is 1. The van der Waals surface area contributed by atoms with Crippen LogP contribution in [0.1, 0.15) is 13.8 Å². The Bertz CT molecular complexity index is 753. The summed E-state index contributed by atoms with van der Waals surface area (Å²) < 4.78 is 0.816. The highest BCUT2D eigenvalue weighted by Crippen LogP contribution is 2.10. The fraction of sp³-hybridized carbons (Fsp3) is 0.143. The molecular formula is C14H14N4O3. The lowest BCUT2D eigenvalue weighted by molar-refractivity contribution is -0.118. The highest BCUT2D eigenvalue weighted by Gasteiger charge is 2.16. The van der Waals surface area contributed by atoms with E-state index in [1.165, 1.54) is 25.3 Å². The van der Waals surface area contributed by atoms with Gasteiger partial charge in [-0.2, -0.15) is 4.73 Å². The summed E-state index contributed by atoms with van der Waals surface area (Å²) in [4.78, 5) is 22.8. The monoisotopic (exact) mass is 286 g/mol. The number of amides is 1. The van der Waals surface area contributed by atoms with Gasteiger partial charge >= 0.3 is 0 Å². The molecule has 108 valence electrons. The predicted molar refractivity (Wildman–Crippen MR) is 75.3 cm³/mol. The van der Waals surface area contributed by atoms with Crippen LogP contribution in [0.15, 0.2) is 58.0 Å². The molecule has 7 heteroatoms. The molecule has 21 heavy (non-hydrogen) atoms. The summed E-state index contributed by atoms with van der Waals surface area (Å²) in [6.07, 6.45) is 4.24. The number of allylic oxidation sites excluding steroid dienone is 3. The lowest BCUT2D eigenvalue weighted by Crippen LogP contribution is -2.28. The summed E-state index contributed by atoms with van der Waals surface area (Å²) in [7, 11) is 0. The molecule has 1 aromatic rings. The fourth-order valence-corrected chi connectivity index (χ4v) is 1.66. The maximum Gasteiger partial charge on any atom is 0.221 e. The fourth-order valence-electron chi connectivity index (χ4n) is 1.66. The van der Waals surface area contributed by atoms with Gasteiger partial charge in [0.05, 0.1) is 5.70 Å². The Balaban J connectivity index is 2.44. The number of nitrogens with zero attached hydrogens (tertiary/aromatic N) is 3. The number of aromatic nitrogens is 1. The van der Waals surface area contributed by atoms with E-state index in [1.54, 1.807) is 25.1 Å². The first-order chi connectivity index (χ1) is 9.97. The van der Waals surface area contributed by atoms with Crippen molar-refractivity contribution in [1.82, 2.24) is 10.0 Å². The van der Waals surface area contributed by atoms with Gasteiger partial charge in [0.25, 0.3) is 0 Å². The van der Waals surface area contributed by atoms with E-state index >= 15 is 0 Å². The second-order valence-electron chi connectivity index (χ2n) is 4.42. The zero-order valence-electron chi connectivity index (χ0n) is 11.6. The second-order valence-corrected chi connectivity index (χ2v) is 4.42. The van der Waals surface area contributed by atoms with Crippen LogP contribution in [-0.4, -0.2) is 27.3 Å². The molecule has 1 amide bonds. The molecule has 1 aliphatic carbocycles. The van der Waals surface area contributed by atoms with Gasteiger partial charge in [0.15, 0.2) is 11.3 Å². The van der Waals surface area contributed by atoms with Gasteiger partial charge in [-0.1, -0.05) is 6.07 Å². The van der Waals surface area contributed by atoms with Crippen molar-refractivity contribution in [3.8, 4) is 0 Å². The molecule has 0 unspecified atom stereocenters. The van der Waals surface area contributed by atoms with Crippen LogP contribution in [0.5, 0.6) is 0 Å². The van der Waals surface area contributed by atoms with Crippen molar-refractivity contribution in [2.45, 2.75) is 13.8 Å². The third kappa shape index (κ3) is 3.53. The molecule has 0 fully saturated rings. The summed E-state index contributed by atoms with van der Waals surface area (Å²) in [5.74, 6) is -0.513. The number of ketones is 1. The van der Waals surface area contributed by atoms with Crippen molar-refractivity contribution < 1.29 is 14.8 Å². The molecule has 2 rings (SSSR count). The van der Waals surface area contributed by atoms with Crippen LogP contribution in [0.3, 0.4) is 0 Å². The van der Waals surface area contributed by atoms with Crippen molar-refractivity contribution >= 4 is 17.4 Å². The Labute approximate surface area is 120 Å². The van der Waals surface area contributed by atoms with Crippen LogP contribution in [0, 0.1) is 0 Å². The van der Waals surface area contributed by atoms with Gasteiger partial charge in [-0.3, -0.25) is 9.59 Å². The SMILES string of the molecule is CC(=O)NC1=CC(=O)C(C)=C/C1=N\N=c1\ccccn1O. The normalized spacial score (nSPS) is 17.5. The lowest BCUT2D eigenvalue weighted by atomic mass is 10.0. The molecule has 0 atom stereocenters. The highest BCUT2D eigenvalue weighted by molar-refractivity contribution is 6.22. The van der Waals surface area contributed by atoms with Crippen molar-refractivity contribution in [2.24, 2.45) is 10.2 Å². The Morgan fingerprint density at radius 3 is 2.71 bits per heavy atom. The molecule has 0 aliphatic heterocycles. The summed E-state index contributed by atoms with van der Waals surface area (Å²) in [6, 6.07) is 4.90. The quantitative estimate of drug-likeness (QED) is 0.471. The van der Waals surface area contributed by atoms with Crippen LogP contribution in [-0.2, 0) is 9.59 Å². The number of pyridine rings is 1. The van der Waals surface area contributed by atoms with Gasteiger partial charge < -0.3 is 10.5 Å². The summed E-state index contributed by atoms with van der Waals surface area (Å²) >= 11 is 0. The first-order valence-corrected chi connectivity index (χ1v) is 6.18. The average molecular weight is 286 g/mol. The Hall–Kier alpha value is -2.96. The summed E-state index contributed by atoms with van der Waals surface area (Å²) in [5, 5.41) is 20.0. The third-order valence-electron chi connectivity index (χ3n) is 2.68. The van der Waals surface area contributed by atoms with Crippen LogP contribution in [0.25, 0.3) is 0 Å². The Morgan fingerprint density at radius 1 is 1.29 bits per heavy atom. The van der Waals surface area contributed by atoms with Crippen LogP contribution in [0.2, 0.25) is 0 Å². The van der Waals surface area contributed by atoms with E-state index in [-0.39, 0.29) is 22.9 Å². The van der Waals surface area contributed by atoms with Crippen LogP contribution >= 0.6 is 0 Å². The van der Waals surface area contributed by atoms with Crippen molar-refractivity contribution in [2.75, 3.05) is 0 Å². The zero-order valence-corrected chi connectivity index (χ0v) is 11.6. The molecule has 1 aliphatic rings. The molecule has 0 spiro atoms. The molecule has 0 saturated carbocycles. The van der Waals surface area contributed by atoms with Crippen LogP contribution in [0.4, 0.5) is 0 Å². The minimum Gasteiger partial charge on any atom is -0.427 e. The van der Waals surface area contributed by atoms with E-state index in [1.807, 2.05) is 0 Å². The average Bonchev–Trinajstić information content (AvgIpc) is 2.42. The van der Waals surface area contributed by atoms with E-state index in [0.717, 1.165) is 4.73 Å². The highest BCUT2D eigenvalue weighted by atomic mass is 16.5. The molecule has 0 aromatic carbocycles. The summed E-state index contributed by atoms with van der Waals surface area (Å²) in [6.45, 7) is 2.98. The number of hydrogen-bond acceptors (Lipinski definition) is 5. The van der Waals surface area contributed by atoms with E-state index < -0.39 is 0 Å². The maximum atomic E-state index is 11.6. The maximum absolute atomic E-state index is 11.6. The molecule has 0 saturated heterocycles. The predicted octanol–water partition coefficient (Wildman–Crippen LogP) is 0.531. The van der Waals surface area contributed by atoms with Crippen molar-refractivity contribution in [3.05, 3.63) is 53.3 Å². The number of hydrogen-bond donors (Lipinski definition) is 2. The molecular weight excluding hydrogens is 272 g/mol. The largest absolute Gasteiger partial charge is 0.427 e. The van der Waals surface area contributed by atoms with Gasteiger partial charge in [0.2, 0.25) is 5.91 Å². The van der Waals surface area contributed by atoms with E-state index in [4.69, 9.17) is 0 Å². The second kappa shape index (κ2) is 6.00. The first kappa shape index (κ1) is 14.4. The number of rotatable bonds is 2. The number of carbonyl (C=O) groups is 2. The topological polar surface area (TPSA) is 96.0 Å². The first-order valence-electron chi connectivity index (χ1n) is 6.18. The van der Waals surface area contributed by atoms with Crippen molar-refractivity contribution in [3.63, 3.8) is 0 Å². The zero-order chi connectivity index (χ0) is 15.4. The number of carbonyl (C=O) groups excluding carboxylic acids is 2. The van der Waals surface area contributed by atoms with Crippen molar-refractivity contribution in [1.29, 1.82) is 0 Å². The van der Waals surface area contributed by atoms with Gasteiger partial charge in [-0.25, -0.2) is 0 Å². The van der Waals surface area contributed by atoms with Gasteiger partial charge in [-0.05, 0) is 30.7 Å². The minimum absolute atomic E-state index is 0.199. The smallest absolute Gasteiger partial charge is 0.221 e. The lowest BCUT2D eigenvalue weighted by Gasteiger charge is -2.12. The molecule has 1 heterocycles.